The maximum Gasteiger partial charge on any atom is 0.162 e. The van der Waals surface area contributed by atoms with E-state index in [1.807, 2.05) is 88.8 Å². The predicted molar refractivity (Wildman–Crippen MR) is 154 cm³/mol. The first-order valence-electron chi connectivity index (χ1n) is 13.4. The minimum absolute atomic E-state index is 0.0250. The van der Waals surface area contributed by atoms with Gasteiger partial charge in [0, 0.05) is 41.3 Å². The molecule has 0 saturated carbocycles. The van der Waals surface area contributed by atoms with E-state index in [4.69, 9.17) is 10.8 Å². The van der Waals surface area contributed by atoms with Crippen LogP contribution in [-0.2, 0) is 4.79 Å². The molecular formula is C32H31N7O. The van der Waals surface area contributed by atoms with Gasteiger partial charge in [0.05, 0.1) is 28.9 Å². The number of anilines is 1. The molecule has 2 aliphatic rings. The van der Waals surface area contributed by atoms with Crippen LogP contribution in [0.15, 0.2) is 96.0 Å². The van der Waals surface area contributed by atoms with Crippen LogP contribution in [0.25, 0.3) is 11.5 Å². The number of ketones is 1. The van der Waals surface area contributed by atoms with Crippen LogP contribution in [0.1, 0.15) is 49.4 Å². The van der Waals surface area contributed by atoms with Crippen molar-refractivity contribution in [3.8, 4) is 17.6 Å². The second-order valence-corrected chi connectivity index (χ2v) is 11.4. The number of hydrogen-bond acceptors (Lipinski definition) is 6. The predicted octanol–water partition coefficient (Wildman–Crippen LogP) is 5.62. The fourth-order valence-electron chi connectivity index (χ4n) is 6.03. The van der Waals surface area contributed by atoms with E-state index in [0.29, 0.717) is 35.5 Å². The van der Waals surface area contributed by atoms with E-state index in [1.165, 1.54) is 0 Å². The average Bonchev–Trinajstić information content (AvgIpc) is 3.56. The van der Waals surface area contributed by atoms with Gasteiger partial charge in [-0.3, -0.25) is 14.3 Å². The molecule has 1 atom stereocenters. The number of carbonyl (C=O) groups is 1. The summed E-state index contributed by atoms with van der Waals surface area (Å²) in [5.41, 5.74) is 12.7. The number of benzene rings is 2. The lowest BCUT2D eigenvalue weighted by Gasteiger charge is -2.43. The van der Waals surface area contributed by atoms with Crippen LogP contribution >= 0.6 is 0 Å². The molecule has 1 unspecified atom stereocenters. The smallest absolute Gasteiger partial charge is 0.162 e. The molecule has 1 aliphatic carbocycles. The fourth-order valence-corrected chi connectivity index (χ4v) is 6.03. The van der Waals surface area contributed by atoms with Gasteiger partial charge >= 0.3 is 0 Å². The Hall–Kier alpha value is -4.90. The topological polar surface area (TPSA) is 106 Å². The third kappa shape index (κ3) is 4.02. The summed E-state index contributed by atoms with van der Waals surface area (Å²) in [6.07, 6.45) is 6.29. The third-order valence-electron chi connectivity index (χ3n) is 7.79. The molecule has 4 aromatic rings. The van der Waals surface area contributed by atoms with Crippen LogP contribution in [0.5, 0.6) is 0 Å². The normalized spacial score (nSPS) is 18.6. The molecule has 0 saturated heterocycles. The van der Waals surface area contributed by atoms with Crippen molar-refractivity contribution in [3.05, 3.63) is 113 Å². The largest absolute Gasteiger partial charge is 0.384 e. The van der Waals surface area contributed by atoms with Gasteiger partial charge in [-0.15, -0.1) is 0 Å². The fraction of sp³-hybridized carbons (Fsp3) is 0.250. The number of para-hydroxylation sites is 1. The Morgan fingerprint density at radius 3 is 2.40 bits per heavy atom. The molecular weight excluding hydrogens is 498 g/mol. The Bertz CT molecular complexity index is 1720. The number of nitrogens with two attached hydrogens (primary N) is 1. The van der Waals surface area contributed by atoms with Gasteiger partial charge in [-0.2, -0.15) is 10.4 Å². The number of carbonyl (C=O) groups excluding carboxylic acids is 1. The number of aromatic nitrogens is 4. The van der Waals surface area contributed by atoms with E-state index < -0.39 is 5.92 Å². The molecule has 3 heterocycles. The van der Waals surface area contributed by atoms with Crippen molar-refractivity contribution in [1.29, 1.82) is 5.26 Å². The van der Waals surface area contributed by atoms with Gasteiger partial charge in [-0.1, -0.05) is 49.7 Å². The van der Waals surface area contributed by atoms with E-state index in [-0.39, 0.29) is 11.2 Å². The summed E-state index contributed by atoms with van der Waals surface area (Å²) in [5, 5.41) is 15.6. The van der Waals surface area contributed by atoms with Crippen molar-refractivity contribution in [3.63, 3.8) is 0 Å². The average molecular weight is 530 g/mol. The number of hydrogen-bond donors (Lipinski definition) is 1. The SMILES string of the molecule is Cc1ccc(N2C(N)=C(C#N)C(c3c(C)nn(-c4ccccc4)c3-n3ccnc3)C3=C2CC(C)(C)CC3=O)cc1. The molecule has 200 valence electrons. The maximum absolute atomic E-state index is 14.1. The highest BCUT2D eigenvalue weighted by Crippen LogP contribution is 2.51. The minimum Gasteiger partial charge on any atom is -0.384 e. The molecule has 0 radical (unpaired) electrons. The van der Waals surface area contributed by atoms with Crippen LogP contribution in [0.3, 0.4) is 0 Å². The highest BCUT2D eigenvalue weighted by molar-refractivity contribution is 6.02. The number of imidazole rings is 1. The number of aryl methyl sites for hydroxylation is 2. The molecule has 1 aliphatic heterocycles. The van der Waals surface area contributed by atoms with Gasteiger partial charge in [-0.05, 0) is 49.9 Å². The Labute approximate surface area is 233 Å². The molecule has 0 bridgehead atoms. The van der Waals surface area contributed by atoms with Gasteiger partial charge in [0.2, 0.25) is 0 Å². The Morgan fingerprint density at radius 1 is 1.02 bits per heavy atom. The molecule has 2 N–H and O–H groups in total. The van der Waals surface area contributed by atoms with E-state index in [2.05, 4.69) is 24.9 Å². The Morgan fingerprint density at radius 2 is 1.75 bits per heavy atom. The van der Waals surface area contributed by atoms with Gasteiger partial charge < -0.3 is 5.73 Å². The van der Waals surface area contributed by atoms with Crippen molar-refractivity contribution in [2.75, 3.05) is 4.90 Å². The zero-order chi connectivity index (χ0) is 28.2. The van der Waals surface area contributed by atoms with Crippen molar-refractivity contribution in [2.24, 2.45) is 11.1 Å². The number of allylic oxidation sites excluding steroid dienone is 3. The quantitative estimate of drug-likeness (QED) is 0.368. The zero-order valence-corrected chi connectivity index (χ0v) is 23.1. The van der Waals surface area contributed by atoms with E-state index in [1.54, 1.807) is 12.5 Å². The second kappa shape index (κ2) is 9.38. The first kappa shape index (κ1) is 25.4. The van der Waals surface area contributed by atoms with Crippen LogP contribution in [0.4, 0.5) is 5.69 Å². The highest BCUT2D eigenvalue weighted by atomic mass is 16.1. The molecule has 0 fully saturated rings. The lowest BCUT2D eigenvalue weighted by atomic mass is 9.68. The van der Waals surface area contributed by atoms with Crippen LogP contribution < -0.4 is 10.6 Å². The van der Waals surface area contributed by atoms with Gasteiger partial charge in [-0.25, -0.2) is 9.67 Å². The summed E-state index contributed by atoms with van der Waals surface area (Å²) >= 11 is 0. The van der Waals surface area contributed by atoms with Gasteiger partial charge in [0.15, 0.2) is 5.78 Å². The van der Waals surface area contributed by atoms with Crippen molar-refractivity contribution >= 4 is 11.5 Å². The number of nitrogens with zero attached hydrogens (tertiary/aromatic N) is 6. The van der Waals surface area contributed by atoms with E-state index >= 15 is 0 Å². The molecule has 0 spiro atoms. The summed E-state index contributed by atoms with van der Waals surface area (Å²) in [4.78, 5) is 20.3. The third-order valence-corrected chi connectivity index (χ3v) is 7.79. The Kier molecular flexibility index (Phi) is 5.95. The van der Waals surface area contributed by atoms with E-state index in [9.17, 15) is 10.1 Å². The van der Waals surface area contributed by atoms with Crippen LogP contribution in [-0.4, -0.2) is 25.1 Å². The molecule has 2 aromatic carbocycles. The van der Waals surface area contributed by atoms with Crippen LogP contribution in [0.2, 0.25) is 0 Å². The highest BCUT2D eigenvalue weighted by Gasteiger charge is 2.46. The standard InChI is InChI=1S/C32H31N7O/c1-20-10-12-22(13-11-20)38-25-16-32(3,4)17-26(40)29(25)28(24(18-33)30(38)34)27-21(2)36-39(23-8-6-5-7-9-23)31(27)37-15-14-35-19-37/h5-15,19,28H,16-17,34H2,1-4H3. The molecule has 6 rings (SSSR count). The summed E-state index contributed by atoms with van der Waals surface area (Å²) in [6, 6.07) is 20.2. The molecule has 0 amide bonds. The van der Waals surface area contributed by atoms with Crippen LogP contribution in [0, 0.1) is 30.6 Å². The number of Topliss-reactive ketones (excluding diaryl/α,β-unsaturated/α-hetero) is 1. The van der Waals surface area contributed by atoms with Crippen molar-refractivity contribution in [1.82, 2.24) is 19.3 Å². The minimum atomic E-state index is -0.667. The van der Waals surface area contributed by atoms with E-state index in [0.717, 1.165) is 34.0 Å². The summed E-state index contributed by atoms with van der Waals surface area (Å²) in [7, 11) is 0. The number of nitriles is 1. The lowest BCUT2D eigenvalue weighted by Crippen LogP contribution is -2.42. The zero-order valence-electron chi connectivity index (χ0n) is 23.1. The maximum atomic E-state index is 14.1. The van der Waals surface area contributed by atoms with Crippen molar-refractivity contribution < 1.29 is 4.79 Å². The lowest BCUT2D eigenvalue weighted by molar-refractivity contribution is -0.118. The van der Waals surface area contributed by atoms with Gasteiger partial charge in [0.1, 0.15) is 18.0 Å². The second-order valence-electron chi connectivity index (χ2n) is 11.4. The van der Waals surface area contributed by atoms with Gasteiger partial charge in [0.25, 0.3) is 0 Å². The molecule has 8 nitrogen and oxygen atoms in total. The summed E-state index contributed by atoms with van der Waals surface area (Å²) in [6.45, 7) is 8.15. The Balaban J connectivity index is 1.67. The molecule has 8 heteroatoms. The first-order chi connectivity index (χ1) is 19.2. The molecule has 40 heavy (non-hydrogen) atoms. The number of rotatable bonds is 4. The first-order valence-corrected chi connectivity index (χ1v) is 13.4. The molecule has 2 aromatic heterocycles. The van der Waals surface area contributed by atoms with Crippen molar-refractivity contribution in [2.45, 2.75) is 46.5 Å². The summed E-state index contributed by atoms with van der Waals surface area (Å²) < 4.78 is 3.73. The summed E-state index contributed by atoms with van der Waals surface area (Å²) in [5.74, 6) is 0.418. The monoisotopic (exact) mass is 529 g/mol.